The highest BCUT2D eigenvalue weighted by molar-refractivity contribution is 5.92. The maximum atomic E-state index is 13.1. The highest BCUT2D eigenvalue weighted by Crippen LogP contribution is 2.47. The average molecular weight is 352 g/mol. The smallest absolute Gasteiger partial charge is 0.289 e. The molecule has 3 atom stereocenters. The van der Waals surface area contributed by atoms with Crippen LogP contribution in [0.1, 0.15) is 34.9 Å². The SMILES string of the molecule is COc1cccc([C@@H]2CN(C(=O)c3ccco3)[C@@H]3C4CCN(CC4)[C@@H]32)c1. The molecule has 2 aromatic rings. The number of furan rings is 1. The van der Waals surface area contributed by atoms with E-state index in [0.717, 1.165) is 25.4 Å². The van der Waals surface area contributed by atoms with E-state index >= 15 is 0 Å². The maximum Gasteiger partial charge on any atom is 0.289 e. The van der Waals surface area contributed by atoms with Crippen LogP contribution in [0, 0.1) is 5.92 Å². The summed E-state index contributed by atoms with van der Waals surface area (Å²) < 4.78 is 10.9. The second-order valence-electron chi connectivity index (χ2n) is 7.67. The van der Waals surface area contributed by atoms with Gasteiger partial charge in [-0.1, -0.05) is 12.1 Å². The lowest BCUT2D eigenvalue weighted by atomic mass is 9.75. The average Bonchev–Trinajstić information content (AvgIpc) is 3.37. The van der Waals surface area contributed by atoms with Crippen LogP contribution in [0.4, 0.5) is 0 Å². The maximum absolute atomic E-state index is 13.1. The van der Waals surface area contributed by atoms with Gasteiger partial charge in [0, 0.05) is 18.5 Å². The first kappa shape index (κ1) is 15.9. The van der Waals surface area contributed by atoms with Crippen molar-refractivity contribution in [1.29, 1.82) is 0 Å². The first-order valence-corrected chi connectivity index (χ1v) is 9.49. The summed E-state index contributed by atoms with van der Waals surface area (Å²) in [6.45, 7) is 3.04. The van der Waals surface area contributed by atoms with E-state index in [0.29, 0.717) is 23.6 Å². The summed E-state index contributed by atoms with van der Waals surface area (Å²) in [7, 11) is 1.70. The van der Waals surface area contributed by atoms with E-state index in [1.165, 1.54) is 18.4 Å². The molecular weight excluding hydrogens is 328 g/mol. The predicted molar refractivity (Wildman–Crippen MR) is 97.4 cm³/mol. The van der Waals surface area contributed by atoms with E-state index < -0.39 is 0 Å². The van der Waals surface area contributed by atoms with Crippen LogP contribution in [0.5, 0.6) is 5.75 Å². The third kappa shape index (κ3) is 2.37. The highest BCUT2D eigenvalue weighted by Gasteiger charge is 2.55. The minimum Gasteiger partial charge on any atom is -0.497 e. The van der Waals surface area contributed by atoms with Crippen LogP contribution in [0.3, 0.4) is 0 Å². The molecule has 0 N–H and O–H groups in total. The predicted octanol–water partition coefficient (Wildman–Crippen LogP) is 2.99. The monoisotopic (exact) mass is 352 g/mol. The number of hydrogen-bond donors (Lipinski definition) is 0. The van der Waals surface area contributed by atoms with E-state index in [2.05, 4.69) is 28.0 Å². The standard InChI is InChI=1S/C21H24N2O3/c1-25-16-5-2-4-15(12-16)17-13-23(21(24)18-6-3-11-26-18)19-14-7-9-22(10-8-14)20(17)19/h2-6,11-12,14,17,19-20H,7-10,13H2,1H3/t17-,19+,20+/m0/s1. The van der Waals surface area contributed by atoms with E-state index in [4.69, 9.17) is 9.15 Å². The number of hydrogen-bond acceptors (Lipinski definition) is 4. The van der Waals surface area contributed by atoms with E-state index in [-0.39, 0.29) is 11.9 Å². The zero-order valence-corrected chi connectivity index (χ0v) is 15.0. The number of likely N-dealkylation sites (tertiary alicyclic amines) is 1. The van der Waals surface area contributed by atoms with Crippen molar-refractivity contribution in [3.63, 3.8) is 0 Å². The number of carbonyl (C=O) groups excluding carboxylic acids is 1. The fourth-order valence-electron chi connectivity index (χ4n) is 5.36. The van der Waals surface area contributed by atoms with Crippen LogP contribution in [0.2, 0.25) is 0 Å². The zero-order valence-electron chi connectivity index (χ0n) is 15.0. The third-order valence-electron chi connectivity index (χ3n) is 6.51. The minimum atomic E-state index is 0.0316. The van der Waals surface area contributed by atoms with Gasteiger partial charge >= 0.3 is 0 Å². The molecule has 1 aromatic heterocycles. The summed E-state index contributed by atoms with van der Waals surface area (Å²) in [5.41, 5.74) is 1.27. The molecule has 136 valence electrons. The molecule has 1 amide bonds. The number of rotatable bonds is 3. The molecule has 4 aliphatic rings. The second-order valence-corrected chi connectivity index (χ2v) is 7.67. The summed E-state index contributed by atoms with van der Waals surface area (Å²) in [6, 6.07) is 12.6. The summed E-state index contributed by atoms with van der Waals surface area (Å²) >= 11 is 0. The number of amides is 1. The molecule has 4 fully saturated rings. The molecule has 5 nitrogen and oxygen atoms in total. The van der Waals surface area contributed by atoms with Crippen LogP contribution in [-0.2, 0) is 0 Å². The normalized spacial score (nSPS) is 32.5. The number of ether oxygens (including phenoxy) is 1. The van der Waals surface area contributed by atoms with E-state index in [1.54, 1.807) is 25.5 Å². The van der Waals surface area contributed by atoms with Gasteiger partial charge in [0.2, 0.25) is 0 Å². The molecule has 1 aromatic carbocycles. The Morgan fingerprint density at radius 2 is 2.00 bits per heavy atom. The van der Waals surface area contributed by atoms with Crippen molar-refractivity contribution in [3.8, 4) is 5.75 Å². The van der Waals surface area contributed by atoms with Gasteiger partial charge in [-0.2, -0.15) is 0 Å². The first-order valence-electron chi connectivity index (χ1n) is 9.49. The Morgan fingerprint density at radius 1 is 1.15 bits per heavy atom. The van der Waals surface area contributed by atoms with Gasteiger partial charge in [-0.15, -0.1) is 0 Å². The molecule has 2 bridgehead atoms. The number of methoxy groups -OCH3 is 1. The molecule has 0 aliphatic carbocycles. The molecule has 4 saturated heterocycles. The van der Waals surface area contributed by atoms with Crippen LogP contribution in [-0.4, -0.2) is 54.5 Å². The fraction of sp³-hybridized carbons (Fsp3) is 0.476. The minimum absolute atomic E-state index is 0.0316. The number of carbonyl (C=O) groups is 1. The Hall–Kier alpha value is -2.27. The van der Waals surface area contributed by atoms with E-state index in [9.17, 15) is 4.79 Å². The second kappa shape index (κ2) is 6.16. The van der Waals surface area contributed by atoms with Crippen molar-refractivity contribution in [2.24, 2.45) is 5.92 Å². The molecule has 5 heterocycles. The van der Waals surface area contributed by atoms with Gasteiger partial charge in [-0.25, -0.2) is 0 Å². The summed E-state index contributed by atoms with van der Waals surface area (Å²) in [5, 5.41) is 0. The Bertz CT molecular complexity index is 795. The molecule has 6 rings (SSSR count). The molecule has 0 saturated carbocycles. The third-order valence-corrected chi connectivity index (χ3v) is 6.51. The van der Waals surface area contributed by atoms with Crippen LogP contribution < -0.4 is 4.74 Å². The lowest BCUT2D eigenvalue weighted by molar-refractivity contribution is -0.00429. The molecule has 0 radical (unpaired) electrons. The van der Waals surface area contributed by atoms with Gasteiger partial charge in [0.15, 0.2) is 5.76 Å². The molecule has 26 heavy (non-hydrogen) atoms. The van der Waals surface area contributed by atoms with Gasteiger partial charge in [0.05, 0.1) is 19.4 Å². The van der Waals surface area contributed by atoms with Crippen LogP contribution >= 0.6 is 0 Å². The molecule has 0 unspecified atom stereocenters. The molecule has 4 aliphatic heterocycles. The van der Waals surface area contributed by atoms with Crippen molar-refractivity contribution in [2.75, 3.05) is 26.7 Å². The number of benzene rings is 1. The Kier molecular flexibility index (Phi) is 3.78. The Labute approximate surface area is 153 Å². The lowest BCUT2D eigenvalue weighted by Crippen LogP contribution is -2.60. The number of fused-ring (bicyclic) bond motifs is 2. The van der Waals surface area contributed by atoms with Crippen LogP contribution in [0.15, 0.2) is 47.1 Å². The highest BCUT2D eigenvalue weighted by atomic mass is 16.5. The lowest BCUT2D eigenvalue weighted by Gasteiger charge is -2.51. The van der Waals surface area contributed by atoms with Crippen molar-refractivity contribution >= 4 is 5.91 Å². The summed E-state index contributed by atoms with van der Waals surface area (Å²) in [4.78, 5) is 17.8. The topological polar surface area (TPSA) is 45.9 Å². The molecule has 5 heteroatoms. The van der Waals surface area contributed by atoms with Gasteiger partial charge in [-0.3, -0.25) is 9.69 Å². The van der Waals surface area contributed by atoms with Gasteiger partial charge in [0.1, 0.15) is 5.75 Å². The summed E-state index contributed by atoms with van der Waals surface area (Å²) in [5.74, 6) is 2.28. The molecule has 0 spiro atoms. The van der Waals surface area contributed by atoms with Crippen molar-refractivity contribution < 1.29 is 13.9 Å². The number of piperidine rings is 3. The largest absolute Gasteiger partial charge is 0.497 e. The first-order chi connectivity index (χ1) is 12.8. The Morgan fingerprint density at radius 3 is 2.73 bits per heavy atom. The van der Waals surface area contributed by atoms with Gasteiger partial charge in [-0.05, 0) is 61.7 Å². The van der Waals surface area contributed by atoms with Crippen molar-refractivity contribution in [1.82, 2.24) is 9.80 Å². The van der Waals surface area contributed by atoms with Gasteiger partial charge < -0.3 is 14.1 Å². The zero-order chi connectivity index (χ0) is 17.7. The van der Waals surface area contributed by atoms with E-state index in [1.807, 2.05) is 6.07 Å². The Balaban J connectivity index is 1.53. The summed E-state index contributed by atoms with van der Waals surface area (Å²) in [6.07, 6.45) is 3.96. The van der Waals surface area contributed by atoms with Crippen molar-refractivity contribution in [2.45, 2.75) is 30.8 Å². The fourth-order valence-corrected chi connectivity index (χ4v) is 5.36. The van der Waals surface area contributed by atoms with Crippen molar-refractivity contribution in [3.05, 3.63) is 54.0 Å². The van der Waals surface area contributed by atoms with Gasteiger partial charge in [0.25, 0.3) is 5.91 Å². The molecular formula is C21H24N2O3. The quantitative estimate of drug-likeness (QED) is 0.852. The van der Waals surface area contributed by atoms with Crippen LogP contribution in [0.25, 0.3) is 0 Å². The number of nitrogens with zero attached hydrogens (tertiary/aromatic N) is 2.